The smallest absolute Gasteiger partial charge is 0.123 e. The molecule has 0 spiro atoms. The van der Waals surface area contributed by atoms with Gasteiger partial charge in [-0.3, -0.25) is 0 Å². The van der Waals surface area contributed by atoms with Crippen LogP contribution in [0.3, 0.4) is 0 Å². The molecule has 0 bridgehead atoms. The van der Waals surface area contributed by atoms with E-state index in [1.165, 1.54) is 0 Å². The Bertz CT molecular complexity index is 599. The molecule has 0 atom stereocenters. The van der Waals surface area contributed by atoms with Crippen LogP contribution in [0.1, 0.15) is 16.7 Å². The van der Waals surface area contributed by atoms with Gasteiger partial charge in [-0.1, -0.05) is 34.1 Å². The lowest BCUT2D eigenvalue weighted by molar-refractivity contribution is 0.303. The van der Waals surface area contributed by atoms with Crippen LogP contribution in [0, 0.1) is 6.92 Å². The third kappa shape index (κ3) is 3.52. The zero-order valence-corrected chi connectivity index (χ0v) is 13.2. The van der Waals surface area contributed by atoms with Gasteiger partial charge in [0.05, 0.1) is 7.11 Å². The van der Waals surface area contributed by atoms with Crippen LogP contribution in [0.4, 0.5) is 0 Å². The molecule has 0 saturated heterocycles. The fraction of sp³-hybridized carbons (Fsp3) is 0.250. The number of benzene rings is 2. The average molecular weight is 336 g/mol. The molecule has 0 unspecified atom stereocenters. The van der Waals surface area contributed by atoms with Gasteiger partial charge in [-0.25, -0.2) is 0 Å². The van der Waals surface area contributed by atoms with Crippen molar-refractivity contribution in [3.05, 3.63) is 57.6 Å². The standard InChI is InChI=1S/C16H18BrNO2/c1-11-3-6-14(17)8-15(11)20-10-12-4-5-13(9-18)16(7-12)19-2/h3-8H,9-10,18H2,1-2H3. The highest BCUT2D eigenvalue weighted by Crippen LogP contribution is 2.25. The highest BCUT2D eigenvalue weighted by atomic mass is 79.9. The number of hydrogen-bond acceptors (Lipinski definition) is 3. The van der Waals surface area contributed by atoms with Crippen LogP contribution in [-0.4, -0.2) is 7.11 Å². The molecule has 0 fully saturated rings. The van der Waals surface area contributed by atoms with Crippen molar-refractivity contribution in [1.82, 2.24) is 0 Å². The first kappa shape index (κ1) is 14.9. The highest BCUT2D eigenvalue weighted by Gasteiger charge is 2.05. The van der Waals surface area contributed by atoms with E-state index >= 15 is 0 Å². The molecule has 0 heterocycles. The molecule has 2 aromatic carbocycles. The van der Waals surface area contributed by atoms with Gasteiger partial charge in [0.2, 0.25) is 0 Å². The van der Waals surface area contributed by atoms with E-state index in [0.29, 0.717) is 13.2 Å². The molecule has 0 aromatic heterocycles. The van der Waals surface area contributed by atoms with Crippen LogP contribution in [-0.2, 0) is 13.2 Å². The maximum Gasteiger partial charge on any atom is 0.123 e. The van der Waals surface area contributed by atoms with Crippen LogP contribution in [0.2, 0.25) is 0 Å². The first-order chi connectivity index (χ1) is 9.63. The second-order valence-electron chi connectivity index (χ2n) is 4.55. The molecule has 20 heavy (non-hydrogen) atoms. The van der Waals surface area contributed by atoms with Crippen molar-refractivity contribution in [2.75, 3.05) is 7.11 Å². The lowest BCUT2D eigenvalue weighted by Crippen LogP contribution is -2.02. The first-order valence-corrected chi connectivity index (χ1v) is 7.18. The quantitative estimate of drug-likeness (QED) is 0.903. The SMILES string of the molecule is COc1cc(COc2cc(Br)ccc2C)ccc1CN. The number of halogens is 1. The fourth-order valence-corrected chi connectivity index (χ4v) is 2.28. The van der Waals surface area contributed by atoms with Crippen molar-refractivity contribution >= 4 is 15.9 Å². The molecule has 0 aliphatic heterocycles. The van der Waals surface area contributed by atoms with E-state index in [9.17, 15) is 0 Å². The molecule has 0 radical (unpaired) electrons. The van der Waals surface area contributed by atoms with Crippen molar-refractivity contribution < 1.29 is 9.47 Å². The van der Waals surface area contributed by atoms with Crippen molar-refractivity contribution in [3.63, 3.8) is 0 Å². The van der Waals surface area contributed by atoms with Crippen LogP contribution >= 0.6 is 15.9 Å². The van der Waals surface area contributed by atoms with Gasteiger partial charge >= 0.3 is 0 Å². The molecule has 3 nitrogen and oxygen atoms in total. The molecular formula is C16H18BrNO2. The lowest BCUT2D eigenvalue weighted by atomic mass is 10.1. The van der Waals surface area contributed by atoms with Crippen molar-refractivity contribution in [3.8, 4) is 11.5 Å². The van der Waals surface area contributed by atoms with E-state index in [-0.39, 0.29) is 0 Å². The number of methoxy groups -OCH3 is 1. The Morgan fingerprint density at radius 3 is 2.60 bits per heavy atom. The molecule has 2 aromatic rings. The topological polar surface area (TPSA) is 44.5 Å². The molecule has 0 aliphatic carbocycles. The summed E-state index contributed by atoms with van der Waals surface area (Å²) in [5, 5.41) is 0. The summed E-state index contributed by atoms with van der Waals surface area (Å²) >= 11 is 3.45. The maximum atomic E-state index is 5.86. The Morgan fingerprint density at radius 2 is 1.90 bits per heavy atom. The third-order valence-corrected chi connectivity index (χ3v) is 3.61. The van der Waals surface area contributed by atoms with Gasteiger partial charge < -0.3 is 15.2 Å². The van der Waals surface area contributed by atoms with Crippen LogP contribution in [0.15, 0.2) is 40.9 Å². The molecule has 2 rings (SSSR count). The van der Waals surface area contributed by atoms with Gasteiger partial charge in [0, 0.05) is 16.6 Å². The zero-order valence-electron chi connectivity index (χ0n) is 11.7. The predicted molar refractivity (Wildman–Crippen MR) is 84.1 cm³/mol. The lowest BCUT2D eigenvalue weighted by Gasteiger charge is -2.12. The average Bonchev–Trinajstić information content (AvgIpc) is 2.47. The van der Waals surface area contributed by atoms with Gasteiger partial charge in [-0.15, -0.1) is 0 Å². The highest BCUT2D eigenvalue weighted by molar-refractivity contribution is 9.10. The van der Waals surface area contributed by atoms with E-state index in [4.69, 9.17) is 15.2 Å². The number of hydrogen-bond donors (Lipinski definition) is 1. The van der Waals surface area contributed by atoms with Gasteiger partial charge in [0.25, 0.3) is 0 Å². The van der Waals surface area contributed by atoms with Crippen molar-refractivity contribution in [1.29, 1.82) is 0 Å². The minimum Gasteiger partial charge on any atom is -0.496 e. The number of rotatable bonds is 5. The normalized spacial score (nSPS) is 10.4. The minimum absolute atomic E-state index is 0.467. The Hall–Kier alpha value is -1.52. The van der Waals surface area contributed by atoms with E-state index < -0.39 is 0 Å². The molecule has 2 N–H and O–H groups in total. The Morgan fingerprint density at radius 1 is 1.10 bits per heavy atom. The number of aryl methyl sites for hydroxylation is 1. The summed E-state index contributed by atoms with van der Waals surface area (Å²) in [7, 11) is 1.65. The molecule has 0 aliphatic rings. The second kappa shape index (κ2) is 6.77. The number of ether oxygens (including phenoxy) is 2. The van der Waals surface area contributed by atoms with Gasteiger partial charge in [0.15, 0.2) is 0 Å². The Kier molecular flexibility index (Phi) is 5.04. The zero-order chi connectivity index (χ0) is 14.5. The van der Waals surface area contributed by atoms with Crippen LogP contribution < -0.4 is 15.2 Å². The van der Waals surface area contributed by atoms with Gasteiger partial charge in [-0.05, 0) is 36.2 Å². The fourth-order valence-electron chi connectivity index (χ4n) is 1.94. The van der Waals surface area contributed by atoms with E-state index in [1.54, 1.807) is 7.11 Å². The summed E-state index contributed by atoms with van der Waals surface area (Å²) in [6, 6.07) is 12.0. The third-order valence-electron chi connectivity index (χ3n) is 3.12. The summed E-state index contributed by atoms with van der Waals surface area (Å²) in [6.07, 6.45) is 0. The molecule has 0 saturated carbocycles. The summed E-state index contributed by atoms with van der Waals surface area (Å²) in [4.78, 5) is 0. The van der Waals surface area contributed by atoms with Gasteiger partial charge in [-0.2, -0.15) is 0 Å². The van der Waals surface area contributed by atoms with Crippen molar-refractivity contribution in [2.45, 2.75) is 20.1 Å². The van der Waals surface area contributed by atoms with Gasteiger partial charge in [0.1, 0.15) is 18.1 Å². The monoisotopic (exact) mass is 335 g/mol. The number of nitrogens with two attached hydrogens (primary N) is 1. The van der Waals surface area contributed by atoms with E-state index in [0.717, 1.165) is 32.7 Å². The van der Waals surface area contributed by atoms with E-state index in [2.05, 4.69) is 15.9 Å². The Labute approximate surface area is 127 Å². The summed E-state index contributed by atoms with van der Waals surface area (Å²) < 4.78 is 12.2. The first-order valence-electron chi connectivity index (χ1n) is 6.39. The second-order valence-corrected chi connectivity index (χ2v) is 5.46. The predicted octanol–water partition coefficient (Wildman–Crippen LogP) is 3.80. The maximum absolute atomic E-state index is 5.86. The summed E-state index contributed by atoms with van der Waals surface area (Å²) in [6.45, 7) is 2.99. The van der Waals surface area contributed by atoms with Crippen LogP contribution in [0.25, 0.3) is 0 Å². The molecule has 4 heteroatoms. The van der Waals surface area contributed by atoms with Crippen molar-refractivity contribution in [2.24, 2.45) is 5.73 Å². The minimum atomic E-state index is 0.467. The largest absolute Gasteiger partial charge is 0.496 e. The Balaban J connectivity index is 2.12. The van der Waals surface area contributed by atoms with E-state index in [1.807, 2.05) is 43.3 Å². The molecular weight excluding hydrogens is 318 g/mol. The summed E-state index contributed by atoms with van der Waals surface area (Å²) in [5.41, 5.74) is 8.82. The van der Waals surface area contributed by atoms with Crippen LogP contribution in [0.5, 0.6) is 11.5 Å². The summed E-state index contributed by atoms with van der Waals surface area (Å²) in [5.74, 6) is 1.68. The molecule has 106 valence electrons. The molecule has 0 amide bonds.